The first-order valence-corrected chi connectivity index (χ1v) is 19.5. The Morgan fingerprint density at radius 3 is 2.72 bits per heavy atom. The number of hydrogen-bond donors (Lipinski definition) is 1. The van der Waals surface area contributed by atoms with E-state index in [1.165, 1.54) is 12.1 Å². The summed E-state index contributed by atoms with van der Waals surface area (Å²) in [7, 11) is 0. The molecule has 4 aliphatic heterocycles. The van der Waals surface area contributed by atoms with Crippen LogP contribution in [0.25, 0.3) is 32.1 Å². The SMILES string of the molecule is C[C@H]1CN(C2CCN(C(=O)C3CC3C#N)CC2)c2nc(OC[C@@]34CCCN3C[C@H](F)C4)nc3c(F)c(-c4ccc(F)c5sc(N)c(C#N)c45)c(Cl)c(c23)O1. The summed E-state index contributed by atoms with van der Waals surface area (Å²) in [6, 6.07) is 6.57. The minimum atomic E-state index is -0.977. The van der Waals surface area contributed by atoms with Crippen molar-refractivity contribution in [1.82, 2.24) is 19.8 Å². The first-order chi connectivity index (χ1) is 26.0. The second-order valence-electron chi connectivity index (χ2n) is 15.2. The van der Waals surface area contributed by atoms with Gasteiger partial charge in [0, 0.05) is 43.0 Å². The molecule has 0 bridgehead atoms. The van der Waals surface area contributed by atoms with Crippen molar-refractivity contribution in [2.24, 2.45) is 11.8 Å². The Hall–Kier alpha value is -4.57. The molecule has 5 atom stereocenters. The average molecular weight is 777 g/mol. The number of likely N-dealkylation sites (tertiary alicyclic amines) is 1. The lowest BCUT2D eigenvalue weighted by atomic mass is 9.95. The zero-order valence-electron chi connectivity index (χ0n) is 29.4. The van der Waals surface area contributed by atoms with Crippen LogP contribution in [0.15, 0.2) is 12.1 Å². The van der Waals surface area contributed by atoms with Gasteiger partial charge in [-0.25, -0.2) is 13.2 Å². The van der Waals surface area contributed by atoms with Gasteiger partial charge in [-0.2, -0.15) is 20.5 Å². The summed E-state index contributed by atoms with van der Waals surface area (Å²) in [6.45, 7) is 4.39. The number of anilines is 2. The fourth-order valence-corrected chi connectivity index (χ4v) is 10.5. The number of thiophene rings is 1. The summed E-state index contributed by atoms with van der Waals surface area (Å²) in [5, 5.41) is 19.7. The largest absolute Gasteiger partial charge is 0.486 e. The number of carbonyl (C=O) groups excluding carboxylic acids is 1. The van der Waals surface area contributed by atoms with Crippen LogP contribution in [0.2, 0.25) is 5.02 Å². The molecule has 3 saturated heterocycles. The van der Waals surface area contributed by atoms with E-state index >= 15 is 8.78 Å². The number of nitriles is 2. The third-order valence-electron chi connectivity index (χ3n) is 11.9. The minimum absolute atomic E-state index is 0.00371. The predicted octanol–water partition coefficient (Wildman–Crippen LogP) is 6.59. The molecule has 11 nitrogen and oxygen atoms in total. The lowest BCUT2D eigenvalue weighted by Crippen LogP contribution is -2.49. The molecule has 1 aliphatic carbocycles. The van der Waals surface area contributed by atoms with Crippen molar-refractivity contribution in [1.29, 1.82) is 10.5 Å². The topological polar surface area (TPSA) is 145 Å². The van der Waals surface area contributed by atoms with Crippen LogP contribution >= 0.6 is 22.9 Å². The molecule has 280 valence electrons. The molecule has 4 fully saturated rings. The Kier molecular flexibility index (Phi) is 8.48. The molecule has 0 spiro atoms. The Bertz CT molecular complexity index is 2320. The van der Waals surface area contributed by atoms with E-state index in [0.29, 0.717) is 57.7 Å². The highest BCUT2D eigenvalue weighted by molar-refractivity contribution is 7.23. The molecule has 2 unspecified atom stereocenters. The maximum absolute atomic E-state index is 17.4. The molecule has 4 aromatic rings. The number of rotatable bonds is 6. The molecule has 6 heterocycles. The van der Waals surface area contributed by atoms with Gasteiger partial charge in [0.2, 0.25) is 5.91 Å². The number of nitrogens with zero attached hydrogens (tertiary/aromatic N) is 7. The molecular weight excluding hydrogens is 741 g/mol. The van der Waals surface area contributed by atoms with Crippen molar-refractivity contribution in [3.05, 3.63) is 34.4 Å². The van der Waals surface area contributed by atoms with Gasteiger partial charge >= 0.3 is 6.01 Å². The highest BCUT2D eigenvalue weighted by atomic mass is 35.5. The number of fused-ring (bicyclic) bond motifs is 2. The van der Waals surface area contributed by atoms with Crippen LogP contribution in [0.3, 0.4) is 0 Å². The van der Waals surface area contributed by atoms with Crippen LogP contribution in [0.5, 0.6) is 11.8 Å². The van der Waals surface area contributed by atoms with E-state index < -0.39 is 29.4 Å². The van der Waals surface area contributed by atoms with Crippen LogP contribution in [0.4, 0.5) is 24.0 Å². The molecule has 1 amide bonds. The summed E-state index contributed by atoms with van der Waals surface area (Å²) in [5.41, 5.74) is 5.52. The fraction of sp³-hybridized carbons (Fsp3) is 0.500. The zero-order valence-corrected chi connectivity index (χ0v) is 31.0. The molecule has 54 heavy (non-hydrogen) atoms. The standard InChI is InChI=1S/C38H36ClF3N8O3S/c1-18-15-50(21-5-9-48(10-6-21)36(51)23-11-19(23)13-43)35-28-31(46-37(47-35)52-17-38-7-2-8-49(38)16-20(40)12-38)30(42)27(29(39)32(28)53-18)22-3-4-25(41)33-26(22)24(14-44)34(45)54-33/h3-4,18-21,23H,2,5-12,15-17,45H2,1H3/t18-,19?,20+,23?,38-/m0/s1. The number of ether oxygens (including phenoxy) is 2. The van der Waals surface area contributed by atoms with Gasteiger partial charge in [0.25, 0.3) is 0 Å². The van der Waals surface area contributed by atoms with E-state index in [1.54, 1.807) is 0 Å². The van der Waals surface area contributed by atoms with Gasteiger partial charge in [0.15, 0.2) is 11.6 Å². The third kappa shape index (κ3) is 5.49. The lowest BCUT2D eigenvalue weighted by molar-refractivity contribution is -0.133. The van der Waals surface area contributed by atoms with Gasteiger partial charge in [-0.1, -0.05) is 17.7 Å². The van der Waals surface area contributed by atoms with Gasteiger partial charge in [0.05, 0.1) is 50.7 Å². The molecule has 0 radical (unpaired) electrons. The van der Waals surface area contributed by atoms with Crippen molar-refractivity contribution in [2.75, 3.05) is 50.0 Å². The minimum Gasteiger partial charge on any atom is -0.486 e. The van der Waals surface area contributed by atoms with E-state index in [-0.39, 0.29) is 89.9 Å². The van der Waals surface area contributed by atoms with E-state index in [2.05, 4.69) is 20.9 Å². The zero-order chi connectivity index (χ0) is 37.6. The average Bonchev–Trinajstić information content (AvgIpc) is 3.65. The fourth-order valence-electron chi connectivity index (χ4n) is 9.18. The quantitative estimate of drug-likeness (QED) is 0.228. The van der Waals surface area contributed by atoms with Crippen molar-refractivity contribution in [2.45, 2.75) is 69.3 Å². The number of alkyl halides is 1. The first kappa shape index (κ1) is 35.2. The Balaban J connectivity index is 1.18. The van der Waals surface area contributed by atoms with Gasteiger partial charge < -0.3 is 25.0 Å². The van der Waals surface area contributed by atoms with Crippen LogP contribution in [0.1, 0.15) is 51.0 Å². The smallest absolute Gasteiger partial charge is 0.319 e. The van der Waals surface area contributed by atoms with Gasteiger partial charge in [0.1, 0.15) is 47.1 Å². The maximum Gasteiger partial charge on any atom is 0.319 e. The number of piperidine rings is 1. The second kappa shape index (κ2) is 13.0. The van der Waals surface area contributed by atoms with Gasteiger partial charge in [-0.3, -0.25) is 9.69 Å². The Labute approximate surface area is 318 Å². The van der Waals surface area contributed by atoms with Crippen LogP contribution in [-0.2, 0) is 4.79 Å². The van der Waals surface area contributed by atoms with Gasteiger partial charge in [-0.05, 0) is 57.2 Å². The van der Waals surface area contributed by atoms with Crippen LogP contribution in [-0.4, -0.2) is 88.9 Å². The van der Waals surface area contributed by atoms with E-state index in [9.17, 15) is 19.7 Å². The predicted molar refractivity (Wildman–Crippen MR) is 197 cm³/mol. The van der Waals surface area contributed by atoms with Crippen LogP contribution < -0.4 is 20.1 Å². The summed E-state index contributed by atoms with van der Waals surface area (Å²) in [4.78, 5) is 28.6. The molecule has 9 rings (SSSR count). The summed E-state index contributed by atoms with van der Waals surface area (Å²) < 4.78 is 60.2. The van der Waals surface area contributed by atoms with Crippen molar-refractivity contribution in [3.63, 3.8) is 0 Å². The number of nitrogen functional groups attached to an aromatic ring is 1. The maximum atomic E-state index is 17.4. The number of halogens is 4. The van der Waals surface area contributed by atoms with Gasteiger partial charge in [-0.15, -0.1) is 11.3 Å². The summed E-state index contributed by atoms with van der Waals surface area (Å²) >= 11 is 8.03. The molecule has 5 aliphatic rings. The summed E-state index contributed by atoms with van der Waals surface area (Å²) in [5.74, 6) is -1.42. The summed E-state index contributed by atoms with van der Waals surface area (Å²) in [6.07, 6.45) is 2.30. The highest BCUT2D eigenvalue weighted by Crippen LogP contribution is 2.52. The van der Waals surface area contributed by atoms with Crippen LogP contribution in [0, 0.1) is 46.1 Å². The van der Waals surface area contributed by atoms with E-state index in [4.69, 9.17) is 31.8 Å². The normalized spacial score (nSPS) is 26.7. The van der Waals surface area contributed by atoms with Crippen molar-refractivity contribution < 1.29 is 27.4 Å². The first-order valence-electron chi connectivity index (χ1n) is 18.3. The molecule has 2 N–H and O–H groups in total. The van der Waals surface area contributed by atoms with Crippen molar-refractivity contribution in [3.8, 4) is 35.0 Å². The number of benzene rings is 2. The number of hydrogen-bond acceptors (Lipinski definition) is 11. The number of nitrogens with two attached hydrogens (primary N) is 1. The number of aromatic nitrogens is 2. The number of carbonyl (C=O) groups is 1. The van der Waals surface area contributed by atoms with Crippen molar-refractivity contribution >= 4 is 60.7 Å². The Morgan fingerprint density at radius 2 is 1.98 bits per heavy atom. The molecule has 16 heteroatoms. The molecule has 2 aromatic heterocycles. The molecular formula is C38H36ClF3N8O3S. The second-order valence-corrected chi connectivity index (χ2v) is 16.6. The Morgan fingerprint density at radius 1 is 1.19 bits per heavy atom. The number of amides is 1. The van der Waals surface area contributed by atoms with E-state index in [0.717, 1.165) is 30.7 Å². The van der Waals surface area contributed by atoms with E-state index in [1.807, 2.05) is 17.9 Å². The lowest BCUT2D eigenvalue weighted by Gasteiger charge is -2.39. The highest BCUT2D eigenvalue weighted by Gasteiger charge is 2.50. The monoisotopic (exact) mass is 776 g/mol. The molecule has 1 saturated carbocycles. The third-order valence-corrected chi connectivity index (χ3v) is 13.3. The molecule has 2 aromatic carbocycles.